The summed E-state index contributed by atoms with van der Waals surface area (Å²) in [7, 11) is 0. The molecule has 15 heavy (non-hydrogen) atoms. The summed E-state index contributed by atoms with van der Waals surface area (Å²) in [5.74, 6) is 0. The lowest BCUT2D eigenvalue weighted by Crippen LogP contribution is -2.35. The van der Waals surface area contributed by atoms with Crippen LogP contribution in [0.25, 0.3) is 11.2 Å². The summed E-state index contributed by atoms with van der Waals surface area (Å²) in [4.78, 5) is 18.6. The molecule has 0 atom stereocenters. The summed E-state index contributed by atoms with van der Waals surface area (Å²) < 4.78 is 1.64. The van der Waals surface area contributed by atoms with Gasteiger partial charge in [0.05, 0.1) is 11.6 Å². The molecule has 1 aliphatic carbocycles. The lowest BCUT2D eigenvalue weighted by molar-refractivity contribution is 0.0487. The Morgan fingerprint density at radius 1 is 1.53 bits per heavy atom. The Morgan fingerprint density at radius 2 is 2.33 bits per heavy atom. The number of hydrogen-bond donors (Lipinski definition) is 2. The van der Waals surface area contributed by atoms with Gasteiger partial charge in [-0.25, -0.2) is 9.78 Å². The van der Waals surface area contributed by atoms with Crippen LogP contribution in [0.5, 0.6) is 0 Å². The third-order valence-corrected chi connectivity index (χ3v) is 2.93. The van der Waals surface area contributed by atoms with Gasteiger partial charge in [0.2, 0.25) is 0 Å². The molecule has 1 aliphatic rings. The molecule has 2 aromatic rings. The van der Waals surface area contributed by atoms with E-state index in [1.807, 2.05) is 6.07 Å². The first-order chi connectivity index (χ1) is 7.25. The number of nitrogens with zero attached hydrogens (tertiary/aromatic N) is 2. The number of aromatic amines is 1. The van der Waals surface area contributed by atoms with Crippen molar-refractivity contribution in [1.82, 2.24) is 14.5 Å². The molecule has 2 aromatic heterocycles. The summed E-state index contributed by atoms with van der Waals surface area (Å²) in [6.45, 7) is 0. The number of aliphatic hydroxyl groups is 1. The quantitative estimate of drug-likeness (QED) is 0.708. The first kappa shape index (κ1) is 8.67. The summed E-state index contributed by atoms with van der Waals surface area (Å²) in [6.07, 6.45) is 2.68. The Kier molecular flexibility index (Phi) is 1.70. The van der Waals surface area contributed by atoms with Crippen molar-refractivity contribution in [1.29, 1.82) is 0 Å². The smallest absolute Gasteiger partial charge is 0.327 e. The number of rotatable bonds is 1. The topological polar surface area (TPSA) is 70.9 Å². The van der Waals surface area contributed by atoms with Crippen molar-refractivity contribution in [2.24, 2.45) is 0 Å². The van der Waals surface area contributed by atoms with Crippen molar-refractivity contribution in [3.05, 3.63) is 28.8 Å². The van der Waals surface area contributed by atoms with Crippen LogP contribution in [0, 0.1) is 0 Å². The molecule has 0 spiro atoms. The average Bonchev–Trinajstić information content (AvgIpc) is 2.49. The van der Waals surface area contributed by atoms with Gasteiger partial charge in [0.15, 0.2) is 5.65 Å². The molecule has 0 aliphatic heterocycles. The van der Waals surface area contributed by atoms with Crippen LogP contribution in [0.1, 0.15) is 18.9 Å². The van der Waals surface area contributed by atoms with Gasteiger partial charge in [-0.15, -0.1) is 0 Å². The zero-order chi connectivity index (χ0) is 10.4. The second-order valence-corrected chi connectivity index (χ2v) is 3.95. The lowest BCUT2D eigenvalue weighted by atomic mass is 9.89. The molecule has 5 nitrogen and oxygen atoms in total. The van der Waals surface area contributed by atoms with Crippen LogP contribution in [0.3, 0.4) is 0 Å². The number of fused-ring (bicyclic) bond motifs is 1. The highest BCUT2D eigenvalue weighted by Gasteiger charge is 2.31. The molecule has 78 valence electrons. The fourth-order valence-corrected chi connectivity index (χ4v) is 2.07. The SMILES string of the molecule is O=c1[nH]c2cccnc2n1C1CC(O)C1. The fourth-order valence-electron chi connectivity index (χ4n) is 2.07. The molecule has 2 heterocycles. The molecule has 1 saturated carbocycles. The molecule has 0 bridgehead atoms. The fraction of sp³-hybridized carbons (Fsp3) is 0.400. The highest BCUT2D eigenvalue weighted by molar-refractivity contribution is 5.70. The van der Waals surface area contributed by atoms with E-state index in [0.29, 0.717) is 18.5 Å². The van der Waals surface area contributed by atoms with Crippen molar-refractivity contribution in [2.75, 3.05) is 0 Å². The Bertz CT molecular complexity index is 551. The van der Waals surface area contributed by atoms with Crippen molar-refractivity contribution in [3.63, 3.8) is 0 Å². The zero-order valence-corrected chi connectivity index (χ0v) is 8.05. The average molecular weight is 205 g/mol. The van der Waals surface area contributed by atoms with Crippen LogP contribution >= 0.6 is 0 Å². The Morgan fingerprint density at radius 3 is 3.07 bits per heavy atom. The van der Waals surface area contributed by atoms with E-state index in [2.05, 4.69) is 9.97 Å². The molecule has 0 radical (unpaired) electrons. The second kappa shape index (κ2) is 2.93. The third-order valence-electron chi connectivity index (χ3n) is 2.93. The van der Waals surface area contributed by atoms with Gasteiger partial charge in [-0.05, 0) is 25.0 Å². The first-order valence-corrected chi connectivity index (χ1v) is 4.99. The number of hydrogen-bond acceptors (Lipinski definition) is 3. The minimum atomic E-state index is -0.268. The Labute approximate surface area is 85.4 Å². The van der Waals surface area contributed by atoms with Crippen LogP contribution in [-0.2, 0) is 0 Å². The lowest BCUT2D eigenvalue weighted by Gasteiger charge is -2.31. The zero-order valence-electron chi connectivity index (χ0n) is 8.05. The third kappa shape index (κ3) is 1.20. The van der Waals surface area contributed by atoms with E-state index in [-0.39, 0.29) is 17.8 Å². The molecule has 0 saturated heterocycles. The largest absolute Gasteiger partial charge is 0.393 e. The number of pyridine rings is 1. The number of H-pyrrole nitrogens is 1. The van der Waals surface area contributed by atoms with Gasteiger partial charge < -0.3 is 10.1 Å². The monoisotopic (exact) mass is 205 g/mol. The Balaban J connectivity index is 2.17. The van der Waals surface area contributed by atoms with E-state index < -0.39 is 0 Å². The van der Waals surface area contributed by atoms with E-state index in [0.717, 1.165) is 5.52 Å². The van der Waals surface area contributed by atoms with E-state index in [9.17, 15) is 9.90 Å². The molecular weight excluding hydrogens is 194 g/mol. The van der Waals surface area contributed by atoms with Crippen LogP contribution < -0.4 is 5.69 Å². The van der Waals surface area contributed by atoms with Crippen LogP contribution in [-0.4, -0.2) is 25.7 Å². The summed E-state index contributed by atoms with van der Waals surface area (Å²) >= 11 is 0. The number of aliphatic hydroxyl groups excluding tert-OH is 1. The molecule has 0 amide bonds. The minimum absolute atomic E-state index is 0.0937. The molecule has 2 N–H and O–H groups in total. The van der Waals surface area contributed by atoms with Crippen molar-refractivity contribution < 1.29 is 5.11 Å². The van der Waals surface area contributed by atoms with Gasteiger partial charge in [-0.2, -0.15) is 0 Å². The van der Waals surface area contributed by atoms with Crippen molar-refractivity contribution in [2.45, 2.75) is 25.0 Å². The number of imidazole rings is 1. The highest BCUT2D eigenvalue weighted by Crippen LogP contribution is 2.32. The minimum Gasteiger partial charge on any atom is -0.393 e. The highest BCUT2D eigenvalue weighted by atomic mass is 16.3. The molecular formula is C10H11N3O2. The van der Waals surface area contributed by atoms with Crippen molar-refractivity contribution >= 4 is 11.2 Å². The van der Waals surface area contributed by atoms with Gasteiger partial charge in [-0.3, -0.25) is 4.57 Å². The van der Waals surface area contributed by atoms with Gasteiger partial charge in [0.25, 0.3) is 0 Å². The Hall–Kier alpha value is -1.62. The predicted octanol–water partition coefficient (Wildman–Crippen LogP) is 0.420. The maximum Gasteiger partial charge on any atom is 0.327 e. The maximum atomic E-state index is 11.7. The second-order valence-electron chi connectivity index (χ2n) is 3.95. The summed E-state index contributed by atoms with van der Waals surface area (Å²) in [5.41, 5.74) is 1.30. The standard InChI is InChI=1S/C10H11N3O2/c14-7-4-6(5-7)13-9-8(12-10(13)15)2-1-3-11-9/h1-3,6-7,14H,4-5H2,(H,12,15). The van der Waals surface area contributed by atoms with Crippen LogP contribution in [0.15, 0.2) is 23.1 Å². The van der Waals surface area contributed by atoms with Gasteiger partial charge in [-0.1, -0.05) is 0 Å². The molecule has 0 aromatic carbocycles. The van der Waals surface area contributed by atoms with Gasteiger partial charge in [0, 0.05) is 12.2 Å². The molecule has 5 heteroatoms. The van der Waals surface area contributed by atoms with Gasteiger partial charge in [0.1, 0.15) is 0 Å². The predicted molar refractivity (Wildman–Crippen MR) is 54.6 cm³/mol. The van der Waals surface area contributed by atoms with Crippen LogP contribution in [0.2, 0.25) is 0 Å². The first-order valence-electron chi connectivity index (χ1n) is 4.99. The molecule has 0 unspecified atom stereocenters. The molecule has 3 rings (SSSR count). The van der Waals surface area contributed by atoms with E-state index in [1.54, 1.807) is 16.8 Å². The van der Waals surface area contributed by atoms with Crippen molar-refractivity contribution in [3.8, 4) is 0 Å². The van der Waals surface area contributed by atoms with E-state index >= 15 is 0 Å². The maximum absolute atomic E-state index is 11.7. The molecule has 1 fully saturated rings. The number of aromatic nitrogens is 3. The summed E-state index contributed by atoms with van der Waals surface area (Å²) in [5, 5.41) is 9.23. The number of nitrogens with one attached hydrogen (secondary N) is 1. The van der Waals surface area contributed by atoms with Crippen LogP contribution in [0.4, 0.5) is 0 Å². The van der Waals surface area contributed by atoms with E-state index in [4.69, 9.17) is 0 Å². The van der Waals surface area contributed by atoms with Gasteiger partial charge >= 0.3 is 5.69 Å². The van der Waals surface area contributed by atoms with E-state index in [1.165, 1.54) is 0 Å². The summed E-state index contributed by atoms with van der Waals surface area (Å²) in [6, 6.07) is 3.71. The normalized spacial score (nSPS) is 25.4.